The average Bonchev–Trinajstić information content (AvgIpc) is 2.54. The molecule has 0 spiro atoms. The van der Waals surface area contributed by atoms with Gasteiger partial charge < -0.3 is 16.0 Å². The van der Waals surface area contributed by atoms with E-state index >= 15 is 0 Å². The van der Waals surface area contributed by atoms with Crippen molar-refractivity contribution >= 4 is 29.9 Å². The predicted octanol–water partition coefficient (Wildman–Crippen LogP) is 2.65. The zero-order valence-corrected chi connectivity index (χ0v) is 14.6. The van der Waals surface area contributed by atoms with Crippen LogP contribution in [0.25, 0.3) is 11.1 Å². The van der Waals surface area contributed by atoms with Gasteiger partial charge in [-0.1, -0.05) is 30.3 Å². The number of halogens is 1. The van der Waals surface area contributed by atoms with E-state index in [0.717, 1.165) is 22.4 Å². The number of nitrogens with one attached hydrogen (secondary N) is 1. The molecular formula is C18H22ClN3O2. The Morgan fingerprint density at radius 1 is 1.08 bits per heavy atom. The molecule has 2 aromatic rings. The Kier molecular flexibility index (Phi) is 7.42. The van der Waals surface area contributed by atoms with Crippen molar-refractivity contribution in [1.29, 1.82) is 0 Å². The monoisotopic (exact) mass is 347 g/mol. The van der Waals surface area contributed by atoms with Crippen LogP contribution >= 0.6 is 12.4 Å². The van der Waals surface area contributed by atoms with Crippen molar-refractivity contribution in [2.75, 3.05) is 18.9 Å². The number of nitrogens with zero attached hydrogens (tertiary/aromatic N) is 1. The molecule has 0 saturated heterocycles. The summed E-state index contributed by atoms with van der Waals surface area (Å²) in [4.78, 5) is 24.2. The maximum atomic E-state index is 11.6. The number of carbonyl (C=O) groups excluding carboxylic acids is 2. The summed E-state index contributed by atoms with van der Waals surface area (Å²) < 4.78 is 0. The van der Waals surface area contributed by atoms with Crippen LogP contribution in [0.3, 0.4) is 0 Å². The molecule has 0 aliphatic carbocycles. The van der Waals surface area contributed by atoms with Crippen molar-refractivity contribution in [3.63, 3.8) is 0 Å². The number of hydrogen-bond donors (Lipinski definition) is 2. The molecule has 3 N–H and O–H groups in total. The number of carbonyl (C=O) groups is 2. The Labute approximate surface area is 148 Å². The van der Waals surface area contributed by atoms with Gasteiger partial charge in [0.2, 0.25) is 11.8 Å². The van der Waals surface area contributed by atoms with E-state index in [-0.39, 0.29) is 30.8 Å². The van der Waals surface area contributed by atoms with Crippen molar-refractivity contribution in [2.45, 2.75) is 13.5 Å². The highest BCUT2D eigenvalue weighted by atomic mass is 35.5. The molecule has 2 amide bonds. The fourth-order valence-corrected chi connectivity index (χ4v) is 2.32. The second-order valence-electron chi connectivity index (χ2n) is 5.41. The first-order valence-corrected chi connectivity index (χ1v) is 7.40. The number of hydrogen-bond acceptors (Lipinski definition) is 3. The first-order valence-electron chi connectivity index (χ1n) is 7.40. The van der Waals surface area contributed by atoms with Gasteiger partial charge in [0.05, 0.1) is 6.54 Å². The fourth-order valence-electron chi connectivity index (χ4n) is 2.32. The predicted molar refractivity (Wildman–Crippen MR) is 99.0 cm³/mol. The van der Waals surface area contributed by atoms with Crippen molar-refractivity contribution < 1.29 is 9.59 Å². The van der Waals surface area contributed by atoms with Crippen molar-refractivity contribution in [3.8, 4) is 11.1 Å². The van der Waals surface area contributed by atoms with Gasteiger partial charge >= 0.3 is 0 Å². The van der Waals surface area contributed by atoms with Gasteiger partial charge in [-0.3, -0.25) is 9.59 Å². The molecule has 2 aromatic carbocycles. The Hall–Kier alpha value is -2.37. The molecule has 5 nitrogen and oxygen atoms in total. The molecule has 0 aliphatic heterocycles. The van der Waals surface area contributed by atoms with E-state index in [1.807, 2.05) is 48.5 Å². The lowest BCUT2D eigenvalue weighted by atomic mass is 10.0. The third kappa shape index (κ3) is 5.37. The summed E-state index contributed by atoms with van der Waals surface area (Å²) in [5.74, 6) is -0.178. The van der Waals surface area contributed by atoms with Crippen LogP contribution in [0.5, 0.6) is 0 Å². The maximum absolute atomic E-state index is 11.6. The molecule has 0 aliphatic rings. The lowest BCUT2D eigenvalue weighted by Crippen LogP contribution is -2.32. The first kappa shape index (κ1) is 19.7. The number of nitrogens with two attached hydrogens (primary N) is 1. The van der Waals surface area contributed by atoms with Gasteiger partial charge in [-0.2, -0.15) is 0 Å². The molecule has 128 valence electrons. The fraction of sp³-hybridized carbons (Fsp3) is 0.222. The van der Waals surface area contributed by atoms with Crippen molar-refractivity contribution in [3.05, 3.63) is 54.1 Å². The second kappa shape index (κ2) is 9.05. The van der Waals surface area contributed by atoms with Crippen LogP contribution in [-0.2, 0) is 16.1 Å². The maximum Gasteiger partial charge on any atom is 0.236 e. The normalized spacial score (nSPS) is 9.79. The smallest absolute Gasteiger partial charge is 0.236 e. The molecule has 0 saturated carbocycles. The Bertz CT molecular complexity index is 702. The van der Waals surface area contributed by atoms with Gasteiger partial charge in [0.25, 0.3) is 0 Å². The van der Waals surface area contributed by atoms with Gasteiger partial charge in [-0.05, 0) is 34.9 Å². The number of anilines is 1. The molecule has 2 rings (SSSR count). The van der Waals surface area contributed by atoms with Crippen molar-refractivity contribution in [1.82, 2.24) is 4.90 Å². The highest BCUT2D eigenvalue weighted by molar-refractivity contribution is 5.89. The summed E-state index contributed by atoms with van der Waals surface area (Å²) in [5, 5.41) is 2.74. The second-order valence-corrected chi connectivity index (χ2v) is 5.41. The van der Waals surface area contributed by atoms with E-state index in [1.54, 1.807) is 11.9 Å². The van der Waals surface area contributed by atoms with Crippen LogP contribution in [-0.4, -0.2) is 30.3 Å². The molecular weight excluding hydrogens is 326 g/mol. The topological polar surface area (TPSA) is 75.4 Å². The minimum atomic E-state index is -0.0904. The van der Waals surface area contributed by atoms with Gasteiger partial charge in [0.1, 0.15) is 0 Å². The summed E-state index contributed by atoms with van der Waals surface area (Å²) in [6, 6.07) is 15.7. The van der Waals surface area contributed by atoms with E-state index in [2.05, 4.69) is 5.32 Å². The number of benzene rings is 2. The summed E-state index contributed by atoms with van der Waals surface area (Å²) in [6.07, 6.45) is 0. The van der Waals surface area contributed by atoms with Crippen LogP contribution in [0.4, 0.5) is 5.69 Å². The average molecular weight is 348 g/mol. The molecule has 0 radical (unpaired) electrons. The van der Waals surface area contributed by atoms with Crippen LogP contribution in [0.15, 0.2) is 48.5 Å². The van der Waals surface area contributed by atoms with Crippen LogP contribution in [0, 0.1) is 0 Å². The molecule has 0 unspecified atom stereocenters. The molecule has 24 heavy (non-hydrogen) atoms. The highest BCUT2D eigenvalue weighted by Gasteiger charge is 2.07. The van der Waals surface area contributed by atoms with E-state index in [9.17, 15) is 9.59 Å². The summed E-state index contributed by atoms with van der Waals surface area (Å²) in [7, 11) is 1.74. The van der Waals surface area contributed by atoms with Gasteiger partial charge in [-0.15, -0.1) is 12.4 Å². The molecule has 0 aromatic heterocycles. The van der Waals surface area contributed by atoms with Crippen LogP contribution in [0.1, 0.15) is 12.5 Å². The van der Waals surface area contributed by atoms with Crippen molar-refractivity contribution in [2.24, 2.45) is 5.73 Å². The van der Waals surface area contributed by atoms with E-state index < -0.39 is 0 Å². The van der Waals surface area contributed by atoms with E-state index in [1.165, 1.54) is 6.92 Å². The Morgan fingerprint density at radius 2 is 1.75 bits per heavy atom. The van der Waals surface area contributed by atoms with Crippen LogP contribution in [0.2, 0.25) is 0 Å². The molecule has 0 atom stereocenters. The number of amides is 2. The lowest BCUT2D eigenvalue weighted by molar-refractivity contribution is -0.128. The molecule has 0 heterocycles. The minimum Gasteiger partial charge on any atom is -0.340 e. The third-order valence-corrected chi connectivity index (χ3v) is 3.49. The van der Waals surface area contributed by atoms with Gasteiger partial charge in [-0.25, -0.2) is 0 Å². The summed E-state index contributed by atoms with van der Waals surface area (Å²) in [5.41, 5.74) is 9.29. The number of rotatable bonds is 5. The van der Waals surface area contributed by atoms with E-state index in [4.69, 9.17) is 5.73 Å². The summed E-state index contributed by atoms with van der Waals surface area (Å²) >= 11 is 0. The SMILES string of the molecule is CC(=O)Nc1ccc(-c2cccc(CN(C)C(=O)CN)c2)cc1.Cl. The Morgan fingerprint density at radius 3 is 2.33 bits per heavy atom. The minimum absolute atomic E-state index is 0. The third-order valence-electron chi connectivity index (χ3n) is 3.49. The molecule has 0 fully saturated rings. The van der Waals surface area contributed by atoms with Gasteiger partial charge in [0.15, 0.2) is 0 Å². The standard InChI is InChI=1S/C18H21N3O2.ClH/c1-13(22)20-17-8-6-15(7-9-17)16-5-3-4-14(10-16)12-21(2)18(23)11-19;/h3-10H,11-12,19H2,1-2H3,(H,20,22);1H. The quantitative estimate of drug-likeness (QED) is 0.873. The summed E-state index contributed by atoms with van der Waals surface area (Å²) in [6.45, 7) is 2.02. The molecule has 0 bridgehead atoms. The highest BCUT2D eigenvalue weighted by Crippen LogP contribution is 2.23. The van der Waals surface area contributed by atoms with Gasteiger partial charge in [0, 0.05) is 26.2 Å². The zero-order valence-electron chi connectivity index (χ0n) is 13.8. The lowest BCUT2D eigenvalue weighted by Gasteiger charge is -2.16. The zero-order chi connectivity index (χ0) is 16.8. The van der Waals surface area contributed by atoms with Crippen LogP contribution < -0.4 is 11.1 Å². The first-order chi connectivity index (χ1) is 11.0. The largest absolute Gasteiger partial charge is 0.340 e. The Balaban J connectivity index is 0.00000288. The van der Waals surface area contributed by atoms with E-state index in [0.29, 0.717) is 6.54 Å². The number of likely N-dealkylation sites (N-methyl/N-ethyl adjacent to an activating group) is 1. The molecule has 6 heteroatoms.